The lowest BCUT2D eigenvalue weighted by molar-refractivity contribution is -0.384. The van der Waals surface area contributed by atoms with Gasteiger partial charge in [0, 0.05) is 36.2 Å². The van der Waals surface area contributed by atoms with Gasteiger partial charge >= 0.3 is 0 Å². The molecule has 1 heterocycles. The van der Waals surface area contributed by atoms with Crippen molar-refractivity contribution in [3.63, 3.8) is 0 Å². The van der Waals surface area contributed by atoms with Crippen molar-refractivity contribution in [2.24, 2.45) is 0 Å². The van der Waals surface area contributed by atoms with Crippen LogP contribution >= 0.6 is 11.6 Å². The van der Waals surface area contributed by atoms with Crippen molar-refractivity contribution in [2.75, 3.05) is 12.4 Å². The molecule has 96 valence electrons. The van der Waals surface area contributed by atoms with Gasteiger partial charge in [0.25, 0.3) is 11.6 Å². The van der Waals surface area contributed by atoms with Crippen LogP contribution in [0.1, 0.15) is 23.2 Å². The Morgan fingerprint density at radius 2 is 2.33 bits per heavy atom. The summed E-state index contributed by atoms with van der Waals surface area (Å²) in [4.78, 5) is 24.1. The molecule has 1 saturated heterocycles. The fourth-order valence-electron chi connectivity index (χ4n) is 2.18. The smallest absolute Gasteiger partial charge is 0.270 e. The van der Waals surface area contributed by atoms with Crippen LogP contribution in [0.25, 0.3) is 0 Å². The van der Waals surface area contributed by atoms with Gasteiger partial charge in [-0.25, -0.2) is 0 Å². The maximum Gasteiger partial charge on any atom is 0.270 e. The van der Waals surface area contributed by atoms with Gasteiger partial charge in [0.1, 0.15) is 0 Å². The largest absolute Gasteiger partial charge is 0.334 e. The summed E-state index contributed by atoms with van der Waals surface area (Å²) >= 11 is 5.81. The zero-order chi connectivity index (χ0) is 13.1. The molecule has 0 saturated carbocycles. The Balaban J connectivity index is 2.23. The number of non-ortho nitro benzene ring substituents is 1. The number of likely N-dealkylation sites (tertiary alicyclic amines) is 1. The molecular weight excluding hydrogens is 256 g/mol. The van der Waals surface area contributed by atoms with E-state index in [1.807, 2.05) is 0 Å². The van der Waals surface area contributed by atoms with Gasteiger partial charge in [-0.15, -0.1) is 11.6 Å². The standard InChI is InChI=1S/C12H13ClN2O3/c13-8-11-5-2-6-14(11)12(16)9-3-1-4-10(7-9)15(17)18/h1,3-4,7,11H,2,5-6,8H2. The van der Waals surface area contributed by atoms with E-state index < -0.39 is 4.92 Å². The molecule has 0 spiro atoms. The van der Waals surface area contributed by atoms with E-state index in [4.69, 9.17) is 11.6 Å². The second kappa shape index (κ2) is 5.35. The highest BCUT2D eigenvalue weighted by atomic mass is 35.5. The average molecular weight is 269 g/mol. The Morgan fingerprint density at radius 1 is 1.56 bits per heavy atom. The Labute approximate surface area is 109 Å². The van der Waals surface area contributed by atoms with Crippen LogP contribution in [0.5, 0.6) is 0 Å². The Morgan fingerprint density at radius 3 is 3.00 bits per heavy atom. The van der Waals surface area contributed by atoms with E-state index in [1.54, 1.807) is 11.0 Å². The van der Waals surface area contributed by atoms with Crippen molar-refractivity contribution in [3.05, 3.63) is 39.9 Å². The number of hydrogen-bond acceptors (Lipinski definition) is 3. The van der Waals surface area contributed by atoms with Crippen LogP contribution in [0.2, 0.25) is 0 Å². The second-order valence-corrected chi connectivity index (χ2v) is 4.56. The number of benzene rings is 1. The molecule has 1 amide bonds. The van der Waals surface area contributed by atoms with Gasteiger partial charge in [-0.05, 0) is 18.9 Å². The summed E-state index contributed by atoms with van der Waals surface area (Å²) < 4.78 is 0. The first-order chi connectivity index (χ1) is 8.63. The third-order valence-electron chi connectivity index (χ3n) is 3.12. The van der Waals surface area contributed by atoms with Crippen molar-refractivity contribution in [1.29, 1.82) is 0 Å². The number of amides is 1. The number of alkyl halides is 1. The summed E-state index contributed by atoms with van der Waals surface area (Å²) in [6, 6.07) is 5.85. The molecular formula is C12H13ClN2O3. The summed E-state index contributed by atoms with van der Waals surface area (Å²) in [6.45, 7) is 0.666. The second-order valence-electron chi connectivity index (χ2n) is 4.26. The molecule has 1 fully saturated rings. The molecule has 1 aromatic carbocycles. The monoisotopic (exact) mass is 268 g/mol. The molecule has 0 aromatic heterocycles. The number of halogens is 1. The lowest BCUT2D eigenvalue weighted by atomic mass is 10.1. The molecule has 0 aliphatic carbocycles. The molecule has 6 heteroatoms. The van der Waals surface area contributed by atoms with Gasteiger partial charge in [0.2, 0.25) is 0 Å². The number of hydrogen-bond donors (Lipinski definition) is 0. The Bertz CT molecular complexity index is 478. The third kappa shape index (κ3) is 2.46. The molecule has 1 atom stereocenters. The quantitative estimate of drug-likeness (QED) is 0.480. The molecule has 18 heavy (non-hydrogen) atoms. The van der Waals surface area contributed by atoms with E-state index in [0.717, 1.165) is 12.8 Å². The van der Waals surface area contributed by atoms with Gasteiger partial charge < -0.3 is 4.90 Å². The van der Waals surface area contributed by atoms with E-state index in [2.05, 4.69) is 0 Å². The number of nitrogens with zero attached hydrogens (tertiary/aromatic N) is 2. The minimum absolute atomic E-state index is 0.0402. The number of nitro benzene ring substituents is 1. The summed E-state index contributed by atoms with van der Waals surface area (Å²) in [6.07, 6.45) is 1.82. The molecule has 1 unspecified atom stereocenters. The molecule has 0 bridgehead atoms. The van der Waals surface area contributed by atoms with Crippen LogP contribution in [0.15, 0.2) is 24.3 Å². The summed E-state index contributed by atoms with van der Waals surface area (Å²) in [5.74, 6) is 0.225. The minimum atomic E-state index is -0.500. The SMILES string of the molecule is O=C(c1cccc([N+](=O)[O-])c1)N1CCCC1CCl. The number of rotatable bonds is 3. The molecule has 1 aliphatic heterocycles. The summed E-state index contributed by atoms with van der Waals surface area (Å²) in [7, 11) is 0. The number of nitro groups is 1. The van der Waals surface area contributed by atoms with Crippen molar-refractivity contribution in [1.82, 2.24) is 4.90 Å². The molecule has 0 N–H and O–H groups in total. The van der Waals surface area contributed by atoms with Crippen molar-refractivity contribution < 1.29 is 9.72 Å². The Hall–Kier alpha value is -1.62. The van der Waals surface area contributed by atoms with E-state index >= 15 is 0 Å². The van der Waals surface area contributed by atoms with Gasteiger partial charge in [-0.3, -0.25) is 14.9 Å². The van der Waals surface area contributed by atoms with Crippen molar-refractivity contribution >= 4 is 23.2 Å². The highest BCUT2D eigenvalue weighted by Crippen LogP contribution is 2.22. The van der Waals surface area contributed by atoms with Crippen LogP contribution in [0, 0.1) is 10.1 Å². The lowest BCUT2D eigenvalue weighted by Gasteiger charge is -2.22. The number of carbonyl (C=O) groups is 1. The molecule has 1 aliphatic rings. The third-order valence-corrected chi connectivity index (χ3v) is 3.48. The molecule has 1 aromatic rings. The molecule has 0 radical (unpaired) electrons. The van der Waals surface area contributed by atoms with Crippen LogP contribution in [-0.4, -0.2) is 34.2 Å². The average Bonchev–Trinajstić information content (AvgIpc) is 2.86. The summed E-state index contributed by atoms with van der Waals surface area (Å²) in [5, 5.41) is 10.7. The zero-order valence-corrected chi connectivity index (χ0v) is 10.5. The lowest BCUT2D eigenvalue weighted by Crippen LogP contribution is -2.36. The van der Waals surface area contributed by atoms with Crippen molar-refractivity contribution in [3.8, 4) is 0 Å². The van der Waals surface area contributed by atoms with Crippen LogP contribution in [0.4, 0.5) is 5.69 Å². The van der Waals surface area contributed by atoms with E-state index in [0.29, 0.717) is 18.0 Å². The van der Waals surface area contributed by atoms with Crippen LogP contribution in [0.3, 0.4) is 0 Å². The molecule has 2 rings (SSSR count). The Kier molecular flexibility index (Phi) is 3.81. The number of carbonyl (C=O) groups excluding carboxylic acids is 1. The van der Waals surface area contributed by atoms with E-state index in [9.17, 15) is 14.9 Å². The van der Waals surface area contributed by atoms with Crippen LogP contribution < -0.4 is 0 Å². The van der Waals surface area contributed by atoms with Crippen LogP contribution in [-0.2, 0) is 0 Å². The minimum Gasteiger partial charge on any atom is -0.334 e. The van der Waals surface area contributed by atoms with Gasteiger partial charge in [-0.2, -0.15) is 0 Å². The zero-order valence-electron chi connectivity index (χ0n) is 9.71. The van der Waals surface area contributed by atoms with Crippen molar-refractivity contribution in [2.45, 2.75) is 18.9 Å². The first-order valence-electron chi connectivity index (χ1n) is 5.75. The highest BCUT2D eigenvalue weighted by molar-refractivity contribution is 6.18. The van der Waals surface area contributed by atoms with Gasteiger partial charge in [0.15, 0.2) is 0 Å². The normalized spacial score (nSPS) is 18.9. The predicted octanol–water partition coefficient (Wildman–Crippen LogP) is 2.44. The fourth-order valence-corrected chi connectivity index (χ4v) is 2.50. The maximum atomic E-state index is 12.2. The van der Waals surface area contributed by atoms with Gasteiger partial charge in [0.05, 0.1) is 4.92 Å². The van der Waals surface area contributed by atoms with E-state index in [1.165, 1.54) is 18.2 Å². The molecule has 5 nitrogen and oxygen atoms in total. The summed E-state index contributed by atoms with van der Waals surface area (Å²) in [5.41, 5.74) is 0.281. The van der Waals surface area contributed by atoms with Gasteiger partial charge in [-0.1, -0.05) is 6.07 Å². The predicted molar refractivity (Wildman–Crippen MR) is 67.9 cm³/mol. The first-order valence-corrected chi connectivity index (χ1v) is 6.28. The first kappa shape index (κ1) is 12.8. The van der Waals surface area contributed by atoms with E-state index in [-0.39, 0.29) is 17.6 Å². The topological polar surface area (TPSA) is 63.4 Å². The highest BCUT2D eigenvalue weighted by Gasteiger charge is 2.29. The fraction of sp³-hybridized carbons (Fsp3) is 0.417. The maximum absolute atomic E-state index is 12.2.